The fraction of sp³-hybridized carbons (Fsp3) is 0.0769. The van der Waals surface area contributed by atoms with Crippen LogP contribution >= 0.6 is 27.5 Å². The molecule has 0 radical (unpaired) electrons. The average molecular weight is 326 g/mol. The Morgan fingerprint density at radius 3 is 2.78 bits per heavy atom. The molecule has 0 fully saturated rings. The van der Waals surface area contributed by atoms with Gasteiger partial charge in [0.05, 0.1) is 5.56 Å². The predicted molar refractivity (Wildman–Crippen MR) is 76.1 cm³/mol. The van der Waals surface area contributed by atoms with Gasteiger partial charge >= 0.3 is 0 Å². The SMILES string of the molecule is Cc1c(Cl)cccc1NC(=O)c1ccc(Br)nc1. The van der Waals surface area contributed by atoms with Crippen molar-refractivity contribution in [3.05, 3.63) is 57.3 Å². The molecule has 3 nitrogen and oxygen atoms in total. The van der Waals surface area contributed by atoms with Crippen LogP contribution in [0.15, 0.2) is 41.1 Å². The molecule has 0 bridgehead atoms. The summed E-state index contributed by atoms with van der Waals surface area (Å²) in [5, 5.41) is 3.43. The molecule has 2 aromatic rings. The molecule has 0 aliphatic carbocycles. The van der Waals surface area contributed by atoms with Gasteiger partial charge in [0.2, 0.25) is 0 Å². The molecule has 2 rings (SSSR count). The van der Waals surface area contributed by atoms with Gasteiger partial charge in [-0.25, -0.2) is 4.98 Å². The minimum Gasteiger partial charge on any atom is -0.322 e. The molecule has 0 unspecified atom stereocenters. The molecule has 0 saturated heterocycles. The fourth-order valence-electron chi connectivity index (χ4n) is 1.45. The summed E-state index contributed by atoms with van der Waals surface area (Å²) in [5.74, 6) is -0.208. The van der Waals surface area contributed by atoms with E-state index < -0.39 is 0 Å². The van der Waals surface area contributed by atoms with Crippen molar-refractivity contribution in [3.8, 4) is 0 Å². The van der Waals surface area contributed by atoms with Crippen LogP contribution in [0.2, 0.25) is 5.02 Å². The minimum absolute atomic E-state index is 0.208. The predicted octanol–water partition coefficient (Wildman–Crippen LogP) is 4.06. The summed E-state index contributed by atoms with van der Waals surface area (Å²) in [4.78, 5) is 16.0. The van der Waals surface area contributed by atoms with Crippen molar-refractivity contribution < 1.29 is 4.79 Å². The summed E-state index contributed by atoms with van der Waals surface area (Å²) in [5.41, 5.74) is 2.05. The molecule has 1 heterocycles. The zero-order valence-corrected chi connectivity index (χ0v) is 11.9. The molecule has 1 aromatic carbocycles. The number of hydrogen-bond acceptors (Lipinski definition) is 2. The van der Waals surface area contributed by atoms with Crippen molar-refractivity contribution >= 4 is 39.1 Å². The molecule has 1 aromatic heterocycles. The Kier molecular flexibility index (Phi) is 3.99. The van der Waals surface area contributed by atoms with E-state index in [1.54, 1.807) is 24.3 Å². The Bertz CT molecular complexity index is 584. The van der Waals surface area contributed by atoms with Gasteiger partial charge in [-0.3, -0.25) is 4.79 Å². The lowest BCUT2D eigenvalue weighted by Gasteiger charge is -2.09. The third kappa shape index (κ3) is 2.89. The van der Waals surface area contributed by atoms with Crippen LogP contribution in [0.4, 0.5) is 5.69 Å². The minimum atomic E-state index is -0.208. The van der Waals surface area contributed by atoms with Crippen molar-refractivity contribution in [1.29, 1.82) is 0 Å². The number of amides is 1. The van der Waals surface area contributed by atoms with Crippen LogP contribution in [0.25, 0.3) is 0 Å². The van der Waals surface area contributed by atoms with E-state index in [1.807, 2.05) is 13.0 Å². The van der Waals surface area contributed by atoms with Gasteiger partial charge in [0.25, 0.3) is 5.91 Å². The van der Waals surface area contributed by atoms with E-state index in [0.29, 0.717) is 20.9 Å². The lowest BCUT2D eigenvalue weighted by atomic mass is 10.2. The molecule has 0 atom stereocenters. The number of rotatable bonds is 2. The number of benzene rings is 1. The highest BCUT2D eigenvalue weighted by Crippen LogP contribution is 2.23. The molecule has 18 heavy (non-hydrogen) atoms. The number of halogens is 2. The first-order valence-electron chi connectivity index (χ1n) is 5.26. The smallest absolute Gasteiger partial charge is 0.257 e. The quantitative estimate of drug-likeness (QED) is 0.846. The van der Waals surface area contributed by atoms with Crippen molar-refractivity contribution in [2.45, 2.75) is 6.92 Å². The Hall–Kier alpha value is -1.39. The summed E-state index contributed by atoms with van der Waals surface area (Å²) >= 11 is 9.22. The van der Waals surface area contributed by atoms with Crippen LogP contribution in [0.3, 0.4) is 0 Å². The maximum absolute atomic E-state index is 12.0. The van der Waals surface area contributed by atoms with Crippen LogP contribution < -0.4 is 5.32 Å². The second kappa shape index (κ2) is 5.50. The highest BCUT2D eigenvalue weighted by Gasteiger charge is 2.09. The summed E-state index contributed by atoms with van der Waals surface area (Å²) < 4.78 is 0.693. The molecule has 1 amide bonds. The van der Waals surface area contributed by atoms with E-state index in [-0.39, 0.29) is 5.91 Å². The normalized spacial score (nSPS) is 10.2. The van der Waals surface area contributed by atoms with Crippen LogP contribution in [0.1, 0.15) is 15.9 Å². The number of aromatic nitrogens is 1. The molecule has 92 valence electrons. The lowest BCUT2D eigenvalue weighted by molar-refractivity contribution is 0.102. The number of anilines is 1. The number of pyridine rings is 1. The molecular formula is C13H10BrClN2O. The molecule has 0 saturated carbocycles. The summed E-state index contributed by atoms with van der Waals surface area (Å²) in [6.45, 7) is 1.86. The molecule has 1 N–H and O–H groups in total. The average Bonchev–Trinajstić information content (AvgIpc) is 2.36. The first-order valence-corrected chi connectivity index (χ1v) is 6.43. The van der Waals surface area contributed by atoms with Gasteiger partial charge in [0, 0.05) is 16.9 Å². The maximum atomic E-state index is 12.0. The third-order valence-corrected chi connectivity index (χ3v) is 3.38. The lowest BCUT2D eigenvalue weighted by Crippen LogP contribution is -2.13. The Morgan fingerprint density at radius 1 is 1.33 bits per heavy atom. The van der Waals surface area contributed by atoms with Gasteiger partial charge in [-0.15, -0.1) is 0 Å². The van der Waals surface area contributed by atoms with Crippen LogP contribution in [0, 0.1) is 6.92 Å². The molecular weight excluding hydrogens is 316 g/mol. The zero-order valence-electron chi connectivity index (χ0n) is 9.58. The Balaban J connectivity index is 2.21. The summed E-state index contributed by atoms with van der Waals surface area (Å²) in [6.07, 6.45) is 1.51. The van der Waals surface area contributed by atoms with E-state index >= 15 is 0 Å². The number of carbonyl (C=O) groups is 1. The standard InChI is InChI=1S/C13H10BrClN2O/c1-8-10(15)3-2-4-11(8)17-13(18)9-5-6-12(14)16-7-9/h2-7H,1H3,(H,17,18). The number of carbonyl (C=O) groups excluding carboxylic acids is 1. The van der Waals surface area contributed by atoms with E-state index in [1.165, 1.54) is 6.20 Å². The van der Waals surface area contributed by atoms with Gasteiger partial charge in [-0.05, 0) is 52.7 Å². The largest absolute Gasteiger partial charge is 0.322 e. The highest BCUT2D eigenvalue weighted by molar-refractivity contribution is 9.10. The van der Waals surface area contributed by atoms with Crippen molar-refractivity contribution in [2.75, 3.05) is 5.32 Å². The molecule has 0 aliphatic heterocycles. The van der Waals surface area contributed by atoms with E-state index in [9.17, 15) is 4.79 Å². The number of nitrogens with zero attached hydrogens (tertiary/aromatic N) is 1. The monoisotopic (exact) mass is 324 g/mol. The zero-order chi connectivity index (χ0) is 13.1. The van der Waals surface area contributed by atoms with Crippen LogP contribution in [-0.4, -0.2) is 10.9 Å². The van der Waals surface area contributed by atoms with Gasteiger partial charge in [0.15, 0.2) is 0 Å². The third-order valence-electron chi connectivity index (χ3n) is 2.51. The summed E-state index contributed by atoms with van der Waals surface area (Å²) in [7, 11) is 0. The molecule has 0 aliphatic rings. The Morgan fingerprint density at radius 2 is 2.11 bits per heavy atom. The molecule has 0 spiro atoms. The van der Waals surface area contributed by atoms with E-state index in [0.717, 1.165) is 5.56 Å². The van der Waals surface area contributed by atoms with Gasteiger partial charge in [0.1, 0.15) is 4.60 Å². The Labute approximate surface area is 118 Å². The van der Waals surface area contributed by atoms with Crippen LogP contribution in [0.5, 0.6) is 0 Å². The number of hydrogen-bond donors (Lipinski definition) is 1. The fourth-order valence-corrected chi connectivity index (χ4v) is 1.86. The first kappa shape index (κ1) is 13.1. The van der Waals surface area contributed by atoms with Crippen molar-refractivity contribution in [3.63, 3.8) is 0 Å². The topological polar surface area (TPSA) is 42.0 Å². The van der Waals surface area contributed by atoms with Gasteiger partial charge in [-0.2, -0.15) is 0 Å². The van der Waals surface area contributed by atoms with Crippen LogP contribution in [-0.2, 0) is 0 Å². The van der Waals surface area contributed by atoms with E-state index in [2.05, 4.69) is 26.2 Å². The highest BCUT2D eigenvalue weighted by atomic mass is 79.9. The first-order chi connectivity index (χ1) is 8.58. The maximum Gasteiger partial charge on any atom is 0.257 e. The second-order valence-corrected chi connectivity index (χ2v) is 4.96. The molecule has 5 heteroatoms. The van der Waals surface area contributed by atoms with Gasteiger partial charge < -0.3 is 5.32 Å². The number of nitrogens with one attached hydrogen (secondary N) is 1. The van der Waals surface area contributed by atoms with E-state index in [4.69, 9.17) is 11.6 Å². The van der Waals surface area contributed by atoms with Gasteiger partial charge in [-0.1, -0.05) is 17.7 Å². The summed E-state index contributed by atoms with van der Waals surface area (Å²) in [6, 6.07) is 8.82. The van der Waals surface area contributed by atoms with Crippen molar-refractivity contribution in [1.82, 2.24) is 4.98 Å². The second-order valence-electron chi connectivity index (χ2n) is 3.74. The van der Waals surface area contributed by atoms with Crippen molar-refractivity contribution in [2.24, 2.45) is 0 Å².